The Morgan fingerprint density at radius 3 is 2.03 bits per heavy atom. The number of aryl methyl sites for hydroxylation is 2. The van der Waals surface area contributed by atoms with Crippen molar-refractivity contribution in [3.8, 4) is 0 Å². The van der Waals surface area contributed by atoms with Crippen molar-refractivity contribution in [2.75, 3.05) is 13.2 Å². The molecule has 198 valence electrons. The minimum absolute atomic E-state index is 0.0175. The number of ether oxygens (including phenoxy) is 2. The van der Waals surface area contributed by atoms with Gasteiger partial charge in [-0.15, -0.1) is 0 Å². The van der Waals surface area contributed by atoms with E-state index in [1.165, 1.54) is 50.0 Å². The smallest absolute Gasteiger partial charge is 0.343 e. The predicted molar refractivity (Wildman–Crippen MR) is 147 cm³/mol. The first-order valence-corrected chi connectivity index (χ1v) is 13.9. The number of amides is 1. The Morgan fingerprint density at radius 2 is 1.44 bits per heavy atom. The van der Waals surface area contributed by atoms with E-state index in [2.05, 4.69) is 46.4 Å². The van der Waals surface area contributed by atoms with Gasteiger partial charge in [0.15, 0.2) is 0 Å². The SMILES string of the molecule is CCCCCCCCc1cc(Br)c(CCC(NC(C)=O)(C(=O)OCC)C(=O)OCC)c2ccccc12. The number of nitrogens with one attached hydrogen (secondary N) is 1. The van der Waals surface area contributed by atoms with E-state index in [4.69, 9.17) is 9.47 Å². The molecule has 0 fully saturated rings. The lowest BCUT2D eigenvalue weighted by Crippen LogP contribution is -2.61. The lowest BCUT2D eigenvalue weighted by Gasteiger charge is -2.30. The van der Waals surface area contributed by atoms with Crippen LogP contribution < -0.4 is 5.32 Å². The van der Waals surface area contributed by atoms with Gasteiger partial charge in [-0.25, -0.2) is 9.59 Å². The van der Waals surface area contributed by atoms with Gasteiger partial charge >= 0.3 is 11.9 Å². The van der Waals surface area contributed by atoms with Gasteiger partial charge in [0.05, 0.1) is 13.2 Å². The number of halogens is 1. The second-order valence-electron chi connectivity index (χ2n) is 9.09. The summed E-state index contributed by atoms with van der Waals surface area (Å²) in [6.07, 6.45) is 8.81. The number of esters is 2. The van der Waals surface area contributed by atoms with E-state index in [-0.39, 0.29) is 19.6 Å². The monoisotopic (exact) mass is 561 g/mol. The third-order valence-electron chi connectivity index (χ3n) is 6.37. The van der Waals surface area contributed by atoms with E-state index >= 15 is 0 Å². The second kappa shape index (κ2) is 15.0. The van der Waals surface area contributed by atoms with Crippen LogP contribution in [-0.2, 0) is 36.7 Å². The molecule has 0 atom stereocenters. The summed E-state index contributed by atoms with van der Waals surface area (Å²) in [4.78, 5) is 38.1. The molecule has 6 nitrogen and oxygen atoms in total. The average molecular weight is 563 g/mol. The topological polar surface area (TPSA) is 81.7 Å². The van der Waals surface area contributed by atoms with Crippen molar-refractivity contribution in [2.45, 2.75) is 91.0 Å². The van der Waals surface area contributed by atoms with Crippen LogP contribution in [0.5, 0.6) is 0 Å². The first-order valence-electron chi connectivity index (χ1n) is 13.1. The van der Waals surface area contributed by atoms with Crippen LogP contribution in [-0.4, -0.2) is 36.6 Å². The molecule has 7 heteroatoms. The molecular weight excluding hydrogens is 522 g/mol. The largest absolute Gasteiger partial charge is 0.464 e. The van der Waals surface area contributed by atoms with Gasteiger partial charge in [0.2, 0.25) is 11.4 Å². The van der Waals surface area contributed by atoms with Gasteiger partial charge < -0.3 is 14.8 Å². The molecule has 0 aliphatic rings. The lowest BCUT2D eigenvalue weighted by molar-refractivity contribution is -0.168. The number of carbonyl (C=O) groups excluding carboxylic acids is 3. The van der Waals surface area contributed by atoms with Crippen molar-refractivity contribution in [3.05, 3.63) is 45.9 Å². The fourth-order valence-electron chi connectivity index (χ4n) is 4.60. The number of unbranched alkanes of at least 4 members (excludes halogenated alkanes) is 5. The van der Waals surface area contributed by atoms with E-state index in [1.54, 1.807) is 13.8 Å². The molecule has 0 spiro atoms. The first-order chi connectivity index (χ1) is 17.3. The maximum Gasteiger partial charge on any atom is 0.343 e. The van der Waals surface area contributed by atoms with Gasteiger partial charge in [-0.1, -0.05) is 79.2 Å². The highest BCUT2D eigenvalue weighted by molar-refractivity contribution is 9.10. The van der Waals surface area contributed by atoms with Crippen LogP contribution in [0, 0.1) is 0 Å². The van der Waals surface area contributed by atoms with Gasteiger partial charge in [0.1, 0.15) is 0 Å². The molecule has 2 aromatic rings. The number of benzene rings is 2. The summed E-state index contributed by atoms with van der Waals surface area (Å²) in [6, 6.07) is 10.4. The highest BCUT2D eigenvalue weighted by Gasteiger charge is 2.49. The normalized spacial score (nSPS) is 11.4. The molecule has 0 saturated heterocycles. The number of rotatable bonds is 15. The summed E-state index contributed by atoms with van der Waals surface area (Å²) < 4.78 is 11.4. The Bertz CT molecular complexity index is 1020. The van der Waals surface area contributed by atoms with E-state index in [0.29, 0.717) is 6.42 Å². The quantitative estimate of drug-likeness (QED) is 0.154. The summed E-state index contributed by atoms with van der Waals surface area (Å²) in [7, 11) is 0. The summed E-state index contributed by atoms with van der Waals surface area (Å²) >= 11 is 3.75. The molecular formula is C29H40BrNO5. The van der Waals surface area contributed by atoms with Crippen LogP contribution in [0.2, 0.25) is 0 Å². The van der Waals surface area contributed by atoms with Gasteiger partial charge in [0, 0.05) is 11.4 Å². The maximum absolute atomic E-state index is 13.0. The molecule has 0 aliphatic heterocycles. The van der Waals surface area contributed by atoms with Crippen molar-refractivity contribution < 1.29 is 23.9 Å². The van der Waals surface area contributed by atoms with Crippen LogP contribution >= 0.6 is 15.9 Å². The van der Waals surface area contributed by atoms with Crippen LogP contribution in [0.25, 0.3) is 10.8 Å². The zero-order valence-corrected chi connectivity index (χ0v) is 23.7. The summed E-state index contributed by atoms with van der Waals surface area (Å²) in [5.74, 6) is -2.12. The highest BCUT2D eigenvalue weighted by atomic mass is 79.9. The Labute approximate surface area is 223 Å². The van der Waals surface area contributed by atoms with Crippen molar-refractivity contribution >= 4 is 44.5 Å². The van der Waals surface area contributed by atoms with Crippen LogP contribution in [0.3, 0.4) is 0 Å². The van der Waals surface area contributed by atoms with Crippen molar-refractivity contribution in [1.29, 1.82) is 0 Å². The minimum atomic E-state index is -1.91. The zero-order chi connectivity index (χ0) is 26.6. The van der Waals surface area contributed by atoms with Gasteiger partial charge in [0.25, 0.3) is 0 Å². The molecule has 0 saturated carbocycles. The molecule has 2 aromatic carbocycles. The van der Waals surface area contributed by atoms with Gasteiger partial charge in [-0.3, -0.25) is 4.79 Å². The van der Waals surface area contributed by atoms with Crippen molar-refractivity contribution in [1.82, 2.24) is 5.32 Å². The van der Waals surface area contributed by atoms with E-state index in [9.17, 15) is 14.4 Å². The van der Waals surface area contributed by atoms with E-state index < -0.39 is 23.4 Å². The van der Waals surface area contributed by atoms with E-state index in [0.717, 1.165) is 28.3 Å². The number of fused-ring (bicyclic) bond motifs is 1. The van der Waals surface area contributed by atoms with Crippen molar-refractivity contribution in [3.63, 3.8) is 0 Å². The van der Waals surface area contributed by atoms with Crippen LogP contribution in [0.1, 0.15) is 83.8 Å². The van der Waals surface area contributed by atoms with Crippen LogP contribution in [0.15, 0.2) is 34.8 Å². The fraction of sp³-hybridized carbons (Fsp3) is 0.552. The molecule has 0 heterocycles. The summed E-state index contributed by atoms with van der Waals surface area (Å²) in [6.45, 7) is 6.99. The average Bonchev–Trinajstić information content (AvgIpc) is 2.84. The molecule has 0 radical (unpaired) electrons. The molecule has 36 heavy (non-hydrogen) atoms. The number of hydrogen-bond donors (Lipinski definition) is 1. The molecule has 0 bridgehead atoms. The summed E-state index contributed by atoms with van der Waals surface area (Å²) in [5, 5.41) is 4.79. The standard InChI is InChI=1S/C29H40BrNO5/c1-5-8-9-10-11-12-15-22-20-26(30)25(24-17-14-13-16-23(22)24)18-19-29(31-21(4)32,27(33)35-6-2)28(34)36-7-3/h13-14,16-17,20H,5-12,15,18-19H2,1-4H3,(H,31,32). The first kappa shape index (κ1) is 29.8. The Balaban J connectivity index is 2.37. The lowest BCUT2D eigenvalue weighted by atomic mass is 9.88. The molecule has 1 amide bonds. The van der Waals surface area contributed by atoms with E-state index in [1.807, 2.05) is 12.1 Å². The minimum Gasteiger partial charge on any atom is -0.464 e. The molecule has 1 N–H and O–H groups in total. The van der Waals surface area contributed by atoms with Crippen LogP contribution in [0.4, 0.5) is 0 Å². The molecule has 0 aliphatic carbocycles. The molecule has 2 rings (SSSR count). The zero-order valence-electron chi connectivity index (χ0n) is 22.1. The van der Waals surface area contributed by atoms with Gasteiger partial charge in [-0.05, 0) is 67.5 Å². The Kier molecular flexibility index (Phi) is 12.4. The third kappa shape index (κ3) is 7.79. The Morgan fingerprint density at radius 1 is 0.861 bits per heavy atom. The molecule has 0 aromatic heterocycles. The van der Waals surface area contributed by atoms with Crippen molar-refractivity contribution in [2.24, 2.45) is 0 Å². The Hall–Kier alpha value is -2.41. The fourth-order valence-corrected chi connectivity index (χ4v) is 5.29. The number of carbonyl (C=O) groups is 3. The maximum atomic E-state index is 13.0. The third-order valence-corrected chi connectivity index (χ3v) is 7.08. The predicted octanol–water partition coefficient (Wildman–Crippen LogP) is 6.44. The molecule has 0 unspecified atom stereocenters. The summed E-state index contributed by atoms with van der Waals surface area (Å²) in [5.41, 5.74) is 0.344. The van der Waals surface area contributed by atoms with Gasteiger partial charge in [-0.2, -0.15) is 0 Å². The highest BCUT2D eigenvalue weighted by Crippen LogP contribution is 2.33. The number of hydrogen-bond acceptors (Lipinski definition) is 5. The second-order valence-corrected chi connectivity index (χ2v) is 9.94.